The monoisotopic (exact) mass is 383 g/mol. The van der Waals surface area contributed by atoms with E-state index in [-0.39, 0.29) is 17.4 Å². The van der Waals surface area contributed by atoms with Gasteiger partial charge in [0, 0.05) is 38.5 Å². The highest BCUT2D eigenvalue weighted by atomic mass is 16.5. The van der Waals surface area contributed by atoms with Crippen molar-refractivity contribution in [1.29, 1.82) is 0 Å². The number of amides is 1. The summed E-state index contributed by atoms with van der Waals surface area (Å²) < 4.78 is 11.2. The molecule has 1 aromatic heterocycles. The van der Waals surface area contributed by atoms with E-state index in [1.165, 1.54) is 19.3 Å². The van der Waals surface area contributed by atoms with Crippen LogP contribution in [0.4, 0.5) is 0 Å². The summed E-state index contributed by atoms with van der Waals surface area (Å²) in [4.78, 5) is 24.2. The zero-order valence-electron chi connectivity index (χ0n) is 16.8. The SMILES string of the molecule is COc1nc2ccccc2nc1CCC(=O)N1CCC[C@@]2(CCC[C@H]2OC)C1. The van der Waals surface area contributed by atoms with Gasteiger partial charge in [-0.15, -0.1) is 0 Å². The predicted octanol–water partition coefficient (Wildman–Crippen LogP) is 3.38. The van der Waals surface area contributed by atoms with Gasteiger partial charge in [0.1, 0.15) is 5.69 Å². The summed E-state index contributed by atoms with van der Waals surface area (Å²) in [5.74, 6) is 0.703. The maximum atomic E-state index is 13.0. The van der Waals surface area contributed by atoms with Crippen molar-refractivity contribution in [3.8, 4) is 5.88 Å². The van der Waals surface area contributed by atoms with Crippen molar-refractivity contribution in [1.82, 2.24) is 14.9 Å². The Morgan fingerprint density at radius 3 is 2.68 bits per heavy atom. The van der Waals surface area contributed by atoms with Crippen LogP contribution in [0.3, 0.4) is 0 Å². The molecule has 1 saturated heterocycles. The van der Waals surface area contributed by atoms with Crippen LogP contribution < -0.4 is 4.74 Å². The molecule has 1 aromatic carbocycles. The summed E-state index contributed by atoms with van der Waals surface area (Å²) in [6.45, 7) is 1.67. The Balaban J connectivity index is 1.45. The molecule has 2 aliphatic rings. The average molecular weight is 383 g/mol. The number of benzene rings is 1. The molecule has 2 aromatic rings. The number of ether oxygens (including phenoxy) is 2. The van der Waals surface area contributed by atoms with Gasteiger partial charge in [0.2, 0.25) is 11.8 Å². The summed E-state index contributed by atoms with van der Waals surface area (Å²) >= 11 is 0. The van der Waals surface area contributed by atoms with Gasteiger partial charge in [0.25, 0.3) is 0 Å². The van der Waals surface area contributed by atoms with Gasteiger partial charge in [-0.2, -0.15) is 0 Å². The first-order valence-electron chi connectivity index (χ1n) is 10.3. The molecule has 6 nitrogen and oxygen atoms in total. The minimum Gasteiger partial charge on any atom is -0.480 e. The van der Waals surface area contributed by atoms with Crippen LogP contribution >= 0.6 is 0 Å². The van der Waals surface area contributed by atoms with E-state index in [9.17, 15) is 4.79 Å². The van der Waals surface area contributed by atoms with Crippen molar-refractivity contribution < 1.29 is 14.3 Å². The highest BCUT2D eigenvalue weighted by Crippen LogP contribution is 2.46. The molecule has 1 aliphatic carbocycles. The second kappa shape index (κ2) is 8.03. The lowest BCUT2D eigenvalue weighted by atomic mass is 9.76. The normalized spacial score (nSPS) is 24.8. The van der Waals surface area contributed by atoms with E-state index >= 15 is 0 Å². The number of rotatable bonds is 5. The third-order valence-corrected chi connectivity index (χ3v) is 6.44. The Hall–Kier alpha value is -2.21. The number of hydrogen-bond donors (Lipinski definition) is 0. The largest absolute Gasteiger partial charge is 0.480 e. The summed E-state index contributed by atoms with van der Waals surface area (Å²) in [6.07, 6.45) is 6.96. The molecule has 28 heavy (non-hydrogen) atoms. The zero-order valence-corrected chi connectivity index (χ0v) is 16.8. The molecule has 0 unspecified atom stereocenters. The zero-order chi connectivity index (χ0) is 19.6. The molecule has 4 rings (SSSR count). The predicted molar refractivity (Wildman–Crippen MR) is 107 cm³/mol. The van der Waals surface area contributed by atoms with Crippen molar-refractivity contribution in [2.24, 2.45) is 5.41 Å². The number of carbonyl (C=O) groups is 1. The van der Waals surface area contributed by atoms with Gasteiger partial charge in [-0.05, 0) is 37.8 Å². The lowest BCUT2D eigenvalue weighted by Crippen LogP contribution is -2.49. The number of nitrogens with zero attached hydrogens (tertiary/aromatic N) is 3. The molecule has 6 heteroatoms. The van der Waals surface area contributed by atoms with Gasteiger partial charge in [0.15, 0.2) is 0 Å². The standard InChI is InChI=1S/C22H29N3O3/c1-27-19-9-5-12-22(19)13-6-14-25(15-22)20(26)11-10-18-21(28-2)24-17-8-4-3-7-16(17)23-18/h3-4,7-8,19H,5-6,9-15H2,1-2H3/t19-,22+/m1/s1. The van der Waals surface area contributed by atoms with Crippen molar-refractivity contribution in [2.75, 3.05) is 27.3 Å². The minimum atomic E-state index is 0.156. The molecule has 150 valence electrons. The number of aromatic nitrogens is 2. The molecule has 2 fully saturated rings. The summed E-state index contributed by atoms with van der Waals surface area (Å²) in [5, 5.41) is 0. The van der Waals surface area contributed by atoms with Crippen molar-refractivity contribution >= 4 is 16.9 Å². The van der Waals surface area contributed by atoms with Crippen LogP contribution in [0.15, 0.2) is 24.3 Å². The second-order valence-electron chi connectivity index (χ2n) is 8.07. The molecule has 1 saturated carbocycles. The van der Waals surface area contributed by atoms with Crippen LogP contribution in [0.2, 0.25) is 0 Å². The van der Waals surface area contributed by atoms with Gasteiger partial charge in [0.05, 0.1) is 24.2 Å². The van der Waals surface area contributed by atoms with Gasteiger partial charge < -0.3 is 14.4 Å². The third kappa shape index (κ3) is 3.58. The first-order chi connectivity index (χ1) is 13.6. The fourth-order valence-electron chi connectivity index (χ4n) is 5.04. The summed E-state index contributed by atoms with van der Waals surface area (Å²) in [5.41, 5.74) is 2.54. The number of hydrogen-bond acceptors (Lipinski definition) is 5. The van der Waals surface area contributed by atoms with E-state index < -0.39 is 0 Å². The van der Waals surface area contributed by atoms with E-state index in [1.807, 2.05) is 36.3 Å². The van der Waals surface area contributed by atoms with E-state index in [4.69, 9.17) is 9.47 Å². The number of carbonyl (C=O) groups excluding carboxylic acids is 1. The van der Waals surface area contributed by atoms with Crippen LogP contribution in [0, 0.1) is 5.41 Å². The Kier molecular flexibility index (Phi) is 5.49. The fraction of sp³-hybridized carbons (Fsp3) is 0.591. The number of piperidine rings is 1. The number of fused-ring (bicyclic) bond motifs is 1. The Labute approximate surface area is 166 Å². The quantitative estimate of drug-likeness (QED) is 0.792. The van der Waals surface area contributed by atoms with E-state index in [0.717, 1.165) is 42.7 Å². The molecule has 2 atom stereocenters. The number of para-hydroxylation sites is 2. The molecule has 0 bridgehead atoms. The molecule has 1 aliphatic heterocycles. The maximum absolute atomic E-state index is 13.0. The first-order valence-corrected chi connectivity index (χ1v) is 10.3. The topological polar surface area (TPSA) is 64.6 Å². The average Bonchev–Trinajstić information content (AvgIpc) is 3.12. The molecule has 1 spiro atoms. The smallest absolute Gasteiger partial charge is 0.235 e. The van der Waals surface area contributed by atoms with Crippen molar-refractivity contribution in [3.63, 3.8) is 0 Å². The number of likely N-dealkylation sites (tertiary alicyclic amines) is 1. The molecular formula is C22H29N3O3. The second-order valence-corrected chi connectivity index (χ2v) is 8.07. The Morgan fingerprint density at radius 2 is 1.93 bits per heavy atom. The molecular weight excluding hydrogens is 354 g/mol. The van der Waals surface area contributed by atoms with Crippen molar-refractivity contribution in [2.45, 2.75) is 51.0 Å². The highest BCUT2D eigenvalue weighted by Gasteiger charge is 2.46. The summed E-state index contributed by atoms with van der Waals surface area (Å²) in [7, 11) is 3.41. The van der Waals surface area contributed by atoms with Gasteiger partial charge in [-0.25, -0.2) is 9.97 Å². The van der Waals surface area contributed by atoms with E-state index in [0.29, 0.717) is 18.7 Å². The maximum Gasteiger partial charge on any atom is 0.235 e. The van der Waals surface area contributed by atoms with Crippen LogP contribution in [0.25, 0.3) is 11.0 Å². The lowest BCUT2D eigenvalue weighted by Gasteiger charge is -2.43. The number of methoxy groups -OCH3 is 2. The van der Waals surface area contributed by atoms with Crippen LogP contribution in [0.5, 0.6) is 5.88 Å². The lowest BCUT2D eigenvalue weighted by molar-refractivity contribution is -0.137. The van der Waals surface area contributed by atoms with Gasteiger partial charge >= 0.3 is 0 Å². The molecule has 0 radical (unpaired) electrons. The van der Waals surface area contributed by atoms with Crippen LogP contribution in [0.1, 0.15) is 44.2 Å². The third-order valence-electron chi connectivity index (χ3n) is 6.44. The van der Waals surface area contributed by atoms with Gasteiger partial charge in [-0.3, -0.25) is 4.79 Å². The van der Waals surface area contributed by atoms with Gasteiger partial charge in [-0.1, -0.05) is 18.6 Å². The fourth-order valence-corrected chi connectivity index (χ4v) is 5.04. The van der Waals surface area contributed by atoms with E-state index in [2.05, 4.69) is 9.97 Å². The number of aryl methyl sites for hydroxylation is 1. The molecule has 2 heterocycles. The van der Waals surface area contributed by atoms with E-state index in [1.54, 1.807) is 7.11 Å². The Morgan fingerprint density at radius 1 is 1.18 bits per heavy atom. The Bertz CT molecular complexity index is 856. The summed E-state index contributed by atoms with van der Waals surface area (Å²) in [6, 6.07) is 7.73. The molecule has 0 N–H and O–H groups in total. The van der Waals surface area contributed by atoms with Crippen molar-refractivity contribution in [3.05, 3.63) is 30.0 Å². The first kappa shape index (κ1) is 19.1. The molecule has 1 amide bonds. The highest BCUT2D eigenvalue weighted by molar-refractivity contribution is 5.77. The van der Waals surface area contributed by atoms with Crippen LogP contribution in [-0.4, -0.2) is 54.2 Å². The minimum absolute atomic E-state index is 0.156. The van der Waals surface area contributed by atoms with Crippen LogP contribution in [-0.2, 0) is 16.0 Å².